The van der Waals surface area contributed by atoms with Gasteiger partial charge in [-0.05, 0) is 23.6 Å². The lowest BCUT2D eigenvalue weighted by Gasteiger charge is -2.35. The fraction of sp³-hybridized carbons (Fsp3) is 0.562. The molecule has 0 saturated carbocycles. The number of nitrogens with zero attached hydrogens (tertiary/aromatic N) is 3. The average Bonchev–Trinajstić information content (AvgIpc) is 2.80. The normalized spacial score (nSPS) is 17.9. The van der Waals surface area contributed by atoms with Gasteiger partial charge in [-0.1, -0.05) is 31.3 Å². The van der Waals surface area contributed by atoms with Crippen molar-refractivity contribution >= 4 is 26.7 Å². The maximum atomic E-state index is 5.77. The van der Waals surface area contributed by atoms with Crippen LogP contribution in [0.4, 0.5) is 5.13 Å². The minimum Gasteiger partial charge on any atom is -0.375 e. The van der Waals surface area contributed by atoms with Gasteiger partial charge in [-0.25, -0.2) is 4.98 Å². The van der Waals surface area contributed by atoms with E-state index in [0.717, 1.165) is 31.1 Å². The Morgan fingerprint density at radius 2 is 1.90 bits per heavy atom. The molecule has 0 atom stereocenters. The second-order valence-corrected chi connectivity index (χ2v) is 7.39. The summed E-state index contributed by atoms with van der Waals surface area (Å²) in [5.74, 6) is 0.760. The van der Waals surface area contributed by atoms with Gasteiger partial charge < -0.3 is 10.6 Å². The van der Waals surface area contributed by atoms with Gasteiger partial charge in [0.15, 0.2) is 5.13 Å². The number of nitrogens with two attached hydrogens (primary N) is 1. The number of anilines is 1. The molecule has 0 spiro atoms. The van der Waals surface area contributed by atoms with E-state index in [1.54, 1.807) is 11.3 Å². The summed E-state index contributed by atoms with van der Waals surface area (Å²) in [6, 6.07) is 6.51. The molecule has 0 aliphatic carbocycles. The Bertz CT molecular complexity index is 599. The molecule has 4 nitrogen and oxygen atoms in total. The highest BCUT2D eigenvalue weighted by Crippen LogP contribution is 2.25. The zero-order valence-corrected chi connectivity index (χ0v) is 13.7. The zero-order chi connectivity index (χ0) is 14.8. The Labute approximate surface area is 130 Å². The van der Waals surface area contributed by atoms with Gasteiger partial charge in [0.05, 0.1) is 10.2 Å². The maximum Gasteiger partial charge on any atom is 0.181 e. The number of hydrogen-bond donors (Lipinski definition) is 1. The van der Waals surface area contributed by atoms with Crippen molar-refractivity contribution < 1.29 is 0 Å². The van der Waals surface area contributed by atoms with Crippen LogP contribution >= 0.6 is 11.3 Å². The summed E-state index contributed by atoms with van der Waals surface area (Å²) >= 11 is 1.58. The predicted molar refractivity (Wildman–Crippen MR) is 90.6 cm³/mol. The molecule has 5 heteroatoms. The summed E-state index contributed by atoms with van der Waals surface area (Å²) in [4.78, 5) is 9.44. The standard InChI is InChI=1S/C16H24N4S/c1-12(2)10-19-5-7-20(8-6-19)11-13-3-4-14-15(9-13)21-16(17)18-14/h3-4,9,12H,5-8,10-11H2,1-2H3,(H2,17,18). The Morgan fingerprint density at radius 1 is 1.19 bits per heavy atom. The number of rotatable bonds is 4. The van der Waals surface area contributed by atoms with Crippen molar-refractivity contribution in [1.82, 2.24) is 14.8 Å². The summed E-state index contributed by atoms with van der Waals surface area (Å²) in [6.45, 7) is 11.5. The molecule has 1 aliphatic rings. The summed E-state index contributed by atoms with van der Waals surface area (Å²) in [5, 5.41) is 0.657. The topological polar surface area (TPSA) is 45.4 Å². The first-order chi connectivity index (χ1) is 10.1. The molecule has 0 unspecified atom stereocenters. The molecule has 0 radical (unpaired) electrons. The summed E-state index contributed by atoms with van der Waals surface area (Å²) in [6.07, 6.45) is 0. The molecule has 0 amide bonds. The van der Waals surface area contributed by atoms with E-state index in [0.29, 0.717) is 5.13 Å². The largest absolute Gasteiger partial charge is 0.375 e. The number of piperazine rings is 1. The highest BCUT2D eigenvalue weighted by atomic mass is 32.1. The van der Waals surface area contributed by atoms with Gasteiger partial charge in [-0.2, -0.15) is 0 Å². The molecule has 0 bridgehead atoms. The number of aromatic nitrogens is 1. The lowest BCUT2D eigenvalue weighted by Crippen LogP contribution is -2.46. The van der Waals surface area contributed by atoms with E-state index < -0.39 is 0 Å². The van der Waals surface area contributed by atoms with Crippen molar-refractivity contribution in [1.29, 1.82) is 0 Å². The minimum atomic E-state index is 0.657. The zero-order valence-electron chi connectivity index (χ0n) is 12.9. The van der Waals surface area contributed by atoms with Gasteiger partial charge in [-0.3, -0.25) is 4.90 Å². The number of fused-ring (bicyclic) bond motifs is 1. The van der Waals surface area contributed by atoms with Crippen molar-refractivity contribution in [2.24, 2.45) is 5.92 Å². The fourth-order valence-corrected chi connectivity index (χ4v) is 3.79. The van der Waals surface area contributed by atoms with E-state index in [1.807, 2.05) is 0 Å². The van der Waals surface area contributed by atoms with Gasteiger partial charge in [0.2, 0.25) is 0 Å². The van der Waals surface area contributed by atoms with Crippen LogP contribution in [0.1, 0.15) is 19.4 Å². The molecule has 1 aromatic heterocycles. The van der Waals surface area contributed by atoms with Gasteiger partial charge in [-0.15, -0.1) is 0 Å². The Morgan fingerprint density at radius 3 is 2.62 bits per heavy atom. The van der Waals surface area contributed by atoms with Crippen molar-refractivity contribution in [3.8, 4) is 0 Å². The van der Waals surface area contributed by atoms with E-state index in [2.05, 4.69) is 46.8 Å². The highest BCUT2D eigenvalue weighted by molar-refractivity contribution is 7.22. The number of nitrogen functional groups attached to an aromatic ring is 1. The first-order valence-corrected chi connectivity index (χ1v) is 8.51. The van der Waals surface area contributed by atoms with Crippen LogP contribution < -0.4 is 5.73 Å². The van der Waals surface area contributed by atoms with E-state index in [-0.39, 0.29) is 0 Å². The van der Waals surface area contributed by atoms with Crippen LogP contribution in [0.2, 0.25) is 0 Å². The van der Waals surface area contributed by atoms with Crippen molar-refractivity contribution in [3.63, 3.8) is 0 Å². The Hall–Kier alpha value is -1.17. The van der Waals surface area contributed by atoms with Crippen molar-refractivity contribution in [3.05, 3.63) is 23.8 Å². The fourth-order valence-electron chi connectivity index (χ4n) is 2.99. The van der Waals surface area contributed by atoms with Crippen LogP contribution in [0.15, 0.2) is 18.2 Å². The molecule has 2 heterocycles. The van der Waals surface area contributed by atoms with Crippen LogP contribution in [0, 0.1) is 5.92 Å². The predicted octanol–water partition coefficient (Wildman–Crippen LogP) is 2.65. The molecule has 2 N–H and O–H groups in total. The van der Waals surface area contributed by atoms with Crippen LogP contribution in [0.25, 0.3) is 10.2 Å². The van der Waals surface area contributed by atoms with E-state index in [1.165, 1.54) is 29.9 Å². The molecule has 1 aliphatic heterocycles. The molecule has 114 valence electrons. The third-order valence-electron chi connectivity index (χ3n) is 3.96. The number of hydrogen-bond acceptors (Lipinski definition) is 5. The van der Waals surface area contributed by atoms with Crippen molar-refractivity contribution in [2.45, 2.75) is 20.4 Å². The molecular formula is C16H24N4S. The van der Waals surface area contributed by atoms with Crippen LogP contribution in [-0.4, -0.2) is 47.5 Å². The average molecular weight is 304 g/mol. The summed E-state index contributed by atoms with van der Waals surface area (Å²) in [5.41, 5.74) is 8.15. The number of thiazole rings is 1. The monoisotopic (exact) mass is 304 g/mol. The molecule has 3 rings (SSSR count). The lowest BCUT2D eigenvalue weighted by atomic mass is 10.1. The molecular weight excluding hydrogens is 280 g/mol. The summed E-state index contributed by atoms with van der Waals surface area (Å²) in [7, 11) is 0. The van der Waals surface area contributed by atoms with Crippen LogP contribution in [0.3, 0.4) is 0 Å². The number of benzene rings is 1. The smallest absolute Gasteiger partial charge is 0.181 e. The third kappa shape index (κ3) is 3.73. The minimum absolute atomic E-state index is 0.657. The van der Waals surface area contributed by atoms with Crippen LogP contribution in [0.5, 0.6) is 0 Å². The Balaban J connectivity index is 1.59. The molecule has 1 aromatic carbocycles. The Kier molecular flexibility index (Phi) is 4.42. The van der Waals surface area contributed by atoms with Crippen molar-refractivity contribution in [2.75, 3.05) is 38.5 Å². The van der Waals surface area contributed by atoms with Gasteiger partial charge in [0, 0.05) is 39.3 Å². The van der Waals surface area contributed by atoms with Gasteiger partial charge in [0.25, 0.3) is 0 Å². The third-order valence-corrected chi connectivity index (χ3v) is 4.81. The first-order valence-electron chi connectivity index (χ1n) is 7.70. The quantitative estimate of drug-likeness (QED) is 0.943. The second kappa shape index (κ2) is 6.30. The molecule has 21 heavy (non-hydrogen) atoms. The molecule has 1 fully saturated rings. The maximum absolute atomic E-state index is 5.77. The van der Waals surface area contributed by atoms with E-state index in [4.69, 9.17) is 5.73 Å². The lowest BCUT2D eigenvalue weighted by molar-refractivity contribution is 0.117. The van der Waals surface area contributed by atoms with Gasteiger partial charge >= 0.3 is 0 Å². The summed E-state index contributed by atoms with van der Waals surface area (Å²) < 4.78 is 1.20. The molecule has 2 aromatic rings. The SMILES string of the molecule is CC(C)CN1CCN(Cc2ccc3nc(N)sc3c2)CC1. The van der Waals surface area contributed by atoms with Crippen LogP contribution in [-0.2, 0) is 6.54 Å². The van der Waals surface area contributed by atoms with E-state index >= 15 is 0 Å². The van der Waals surface area contributed by atoms with E-state index in [9.17, 15) is 0 Å². The second-order valence-electron chi connectivity index (χ2n) is 6.32. The molecule has 1 saturated heterocycles. The van der Waals surface area contributed by atoms with Gasteiger partial charge in [0.1, 0.15) is 0 Å². The first kappa shape index (κ1) is 14.8. The highest BCUT2D eigenvalue weighted by Gasteiger charge is 2.17.